The Morgan fingerprint density at radius 1 is 1.29 bits per heavy atom. The maximum absolute atomic E-state index is 11.9. The largest absolute Gasteiger partial charge is 0.391 e. The number of amides is 2. The fourth-order valence-electron chi connectivity index (χ4n) is 2.86. The molecule has 1 fully saturated rings. The molecule has 1 unspecified atom stereocenters. The summed E-state index contributed by atoms with van der Waals surface area (Å²) >= 11 is 5.83. The van der Waals surface area contributed by atoms with Crippen molar-refractivity contribution in [3.05, 3.63) is 28.8 Å². The number of hydrogen-bond donors (Lipinski definition) is 3. The standard InChI is InChI=1S/C17H20ClN3O3/c18-13-7-6-12(9-19)14(8-13)21-17(24)16(23)20-10-15(22)11-4-2-1-3-5-11/h6-8,11,15,22H,1-5,10H2,(H,20,23)(H,21,24). The van der Waals surface area contributed by atoms with Gasteiger partial charge in [-0.2, -0.15) is 5.26 Å². The number of benzene rings is 1. The first kappa shape index (κ1) is 18.2. The van der Waals surface area contributed by atoms with E-state index in [1.54, 1.807) is 0 Å². The van der Waals surface area contributed by atoms with Crippen LogP contribution in [0.15, 0.2) is 18.2 Å². The second kappa shape index (κ2) is 8.67. The number of carbonyl (C=O) groups excluding carboxylic acids is 2. The molecule has 0 saturated heterocycles. The number of hydrogen-bond acceptors (Lipinski definition) is 4. The SMILES string of the molecule is N#Cc1ccc(Cl)cc1NC(=O)C(=O)NCC(O)C1CCCCC1. The Labute approximate surface area is 145 Å². The van der Waals surface area contributed by atoms with Crippen LogP contribution in [0.2, 0.25) is 5.02 Å². The topological polar surface area (TPSA) is 102 Å². The highest BCUT2D eigenvalue weighted by Crippen LogP contribution is 2.26. The molecule has 24 heavy (non-hydrogen) atoms. The van der Waals surface area contributed by atoms with Crippen molar-refractivity contribution in [2.24, 2.45) is 5.92 Å². The number of nitrogens with one attached hydrogen (secondary N) is 2. The summed E-state index contributed by atoms with van der Waals surface area (Å²) in [6.07, 6.45) is 4.58. The lowest BCUT2D eigenvalue weighted by Gasteiger charge is -2.26. The minimum atomic E-state index is -0.899. The van der Waals surface area contributed by atoms with Crippen LogP contribution in [-0.4, -0.2) is 29.6 Å². The van der Waals surface area contributed by atoms with E-state index in [2.05, 4.69) is 10.6 Å². The van der Waals surface area contributed by atoms with E-state index in [1.807, 2.05) is 6.07 Å². The van der Waals surface area contributed by atoms with E-state index in [9.17, 15) is 14.7 Å². The number of rotatable bonds is 4. The third-order valence-electron chi connectivity index (χ3n) is 4.22. The van der Waals surface area contributed by atoms with Crippen LogP contribution >= 0.6 is 11.6 Å². The number of aliphatic hydroxyl groups excluding tert-OH is 1. The van der Waals surface area contributed by atoms with Gasteiger partial charge in [0.15, 0.2) is 0 Å². The average molecular weight is 350 g/mol. The van der Waals surface area contributed by atoms with E-state index in [4.69, 9.17) is 16.9 Å². The summed E-state index contributed by atoms with van der Waals surface area (Å²) in [6, 6.07) is 6.31. The van der Waals surface area contributed by atoms with Gasteiger partial charge in [0.05, 0.1) is 17.4 Å². The van der Waals surface area contributed by atoms with Crippen molar-refractivity contribution in [2.45, 2.75) is 38.2 Å². The molecule has 0 radical (unpaired) electrons. The van der Waals surface area contributed by atoms with Crippen molar-refractivity contribution >= 4 is 29.1 Å². The van der Waals surface area contributed by atoms with Gasteiger partial charge in [-0.05, 0) is 37.0 Å². The summed E-state index contributed by atoms with van der Waals surface area (Å²) in [5.74, 6) is -1.58. The molecule has 0 aliphatic heterocycles. The van der Waals surface area contributed by atoms with E-state index >= 15 is 0 Å². The predicted octanol–water partition coefficient (Wildman–Crippen LogP) is 2.21. The maximum Gasteiger partial charge on any atom is 0.313 e. The van der Waals surface area contributed by atoms with E-state index in [-0.39, 0.29) is 23.7 Å². The van der Waals surface area contributed by atoms with Gasteiger partial charge in [0.25, 0.3) is 0 Å². The van der Waals surface area contributed by atoms with Crippen LogP contribution < -0.4 is 10.6 Å². The van der Waals surface area contributed by atoms with Crippen LogP contribution in [0.25, 0.3) is 0 Å². The molecule has 1 aliphatic rings. The Hall–Kier alpha value is -2.10. The van der Waals surface area contributed by atoms with Crippen LogP contribution in [0, 0.1) is 17.2 Å². The molecule has 1 aromatic rings. The van der Waals surface area contributed by atoms with Gasteiger partial charge in [-0.25, -0.2) is 0 Å². The molecule has 2 amide bonds. The van der Waals surface area contributed by atoms with Gasteiger partial charge in [0.2, 0.25) is 0 Å². The minimum absolute atomic E-state index is 0.0393. The molecule has 1 aliphatic carbocycles. The summed E-state index contributed by atoms with van der Waals surface area (Å²) in [6.45, 7) is 0.0393. The fourth-order valence-corrected chi connectivity index (χ4v) is 3.03. The smallest absolute Gasteiger partial charge is 0.313 e. The van der Waals surface area contributed by atoms with E-state index in [0.717, 1.165) is 25.7 Å². The highest BCUT2D eigenvalue weighted by atomic mass is 35.5. The summed E-state index contributed by atoms with van der Waals surface area (Å²) in [7, 11) is 0. The predicted molar refractivity (Wildman–Crippen MR) is 90.4 cm³/mol. The van der Waals surface area contributed by atoms with Crippen LogP contribution in [0.1, 0.15) is 37.7 Å². The summed E-state index contributed by atoms with van der Waals surface area (Å²) < 4.78 is 0. The average Bonchev–Trinajstić information content (AvgIpc) is 2.60. The molecular weight excluding hydrogens is 330 g/mol. The Morgan fingerprint density at radius 3 is 2.67 bits per heavy atom. The van der Waals surface area contributed by atoms with E-state index < -0.39 is 17.9 Å². The number of aliphatic hydroxyl groups is 1. The molecular formula is C17H20ClN3O3. The number of anilines is 1. The summed E-state index contributed by atoms with van der Waals surface area (Å²) in [4.78, 5) is 23.8. The van der Waals surface area contributed by atoms with Crippen molar-refractivity contribution in [2.75, 3.05) is 11.9 Å². The Bertz CT molecular complexity index is 651. The lowest BCUT2D eigenvalue weighted by Crippen LogP contribution is -2.42. The first-order valence-electron chi connectivity index (χ1n) is 7.98. The second-order valence-corrected chi connectivity index (χ2v) is 6.37. The van der Waals surface area contributed by atoms with E-state index in [0.29, 0.717) is 5.02 Å². The monoisotopic (exact) mass is 349 g/mol. The maximum atomic E-state index is 11.9. The molecule has 0 heterocycles. The molecule has 0 bridgehead atoms. The molecule has 0 aromatic heterocycles. The van der Waals surface area contributed by atoms with Crippen molar-refractivity contribution < 1.29 is 14.7 Å². The summed E-state index contributed by atoms with van der Waals surface area (Å²) in [5, 5.41) is 24.3. The molecule has 128 valence electrons. The number of nitriles is 1. The zero-order valence-corrected chi connectivity index (χ0v) is 14.0. The normalized spacial score (nSPS) is 16.0. The van der Waals surface area contributed by atoms with Crippen LogP contribution in [0.5, 0.6) is 0 Å². The Balaban J connectivity index is 1.87. The summed E-state index contributed by atoms with van der Waals surface area (Å²) in [5.41, 5.74) is 0.390. The minimum Gasteiger partial charge on any atom is -0.391 e. The lowest BCUT2D eigenvalue weighted by atomic mass is 9.85. The molecule has 3 N–H and O–H groups in total. The molecule has 6 nitrogen and oxygen atoms in total. The molecule has 1 saturated carbocycles. The first-order chi connectivity index (χ1) is 11.5. The Kier molecular flexibility index (Phi) is 6.59. The molecule has 0 spiro atoms. The quantitative estimate of drug-likeness (QED) is 0.725. The highest BCUT2D eigenvalue weighted by molar-refractivity contribution is 6.40. The number of halogens is 1. The Morgan fingerprint density at radius 2 is 2.00 bits per heavy atom. The van der Waals surface area contributed by atoms with Gasteiger partial charge in [-0.3, -0.25) is 9.59 Å². The van der Waals surface area contributed by atoms with Gasteiger partial charge >= 0.3 is 11.8 Å². The van der Waals surface area contributed by atoms with Crippen LogP contribution in [0.3, 0.4) is 0 Å². The van der Waals surface area contributed by atoms with Gasteiger partial charge in [-0.15, -0.1) is 0 Å². The van der Waals surface area contributed by atoms with Gasteiger partial charge in [0.1, 0.15) is 6.07 Å². The third-order valence-corrected chi connectivity index (χ3v) is 4.46. The van der Waals surface area contributed by atoms with Gasteiger partial charge < -0.3 is 15.7 Å². The number of nitrogens with zero attached hydrogens (tertiary/aromatic N) is 1. The van der Waals surface area contributed by atoms with Gasteiger partial charge in [0, 0.05) is 11.6 Å². The van der Waals surface area contributed by atoms with Crippen LogP contribution in [-0.2, 0) is 9.59 Å². The molecule has 7 heteroatoms. The zero-order chi connectivity index (χ0) is 17.5. The zero-order valence-electron chi connectivity index (χ0n) is 13.2. The van der Waals surface area contributed by atoms with Crippen molar-refractivity contribution in [3.8, 4) is 6.07 Å². The van der Waals surface area contributed by atoms with Crippen molar-refractivity contribution in [1.29, 1.82) is 5.26 Å². The molecule has 1 atom stereocenters. The highest BCUT2D eigenvalue weighted by Gasteiger charge is 2.23. The van der Waals surface area contributed by atoms with Crippen molar-refractivity contribution in [3.63, 3.8) is 0 Å². The van der Waals surface area contributed by atoms with Gasteiger partial charge in [-0.1, -0.05) is 30.9 Å². The first-order valence-corrected chi connectivity index (χ1v) is 8.36. The third kappa shape index (κ3) is 4.95. The lowest BCUT2D eigenvalue weighted by molar-refractivity contribution is -0.136. The molecule has 1 aromatic carbocycles. The molecule has 2 rings (SSSR count). The van der Waals surface area contributed by atoms with E-state index in [1.165, 1.54) is 24.6 Å². The second-order valence-electron chi connectivity index (χ2n) is 5.93. The van der Waals surface area contributed by atoms with Crippen LogP contribution in [0.4, 0.5) is 5.69 Å². The number of carbonyl (C=O) groups is 2. The fraction of sp³-hybridized carbons (Fsp3) is 0.471. The van der Waals surface area contributed by atoms with Crippen molar-refractivity contribution in [1.82, 2.24) is 5.32 Å².